The molecule has 1 aromatic heterocycles. The van der Waals surface area contributed by atoms with Crippen LogP contribution in [0.5, 0.6) is 0 Å². The molecule has 0 amide bonds. The molecule has 0 bridgehead atoms. The molecule has 4 heteroatoms. The summed E-state index contributed by atoms with van der Waals surface area (Å²) in [5, 5.41) is 4.55. The molecule has 0 aliphatic heterocycles. The van der Waals surface area contributed by atoms with E-state index in [1.807, 2.05) is 18.2 Å². The standard InChI is InChI=1S/C10H10N2O2/c13-9-6-8(10(14)12-11-9)7-4-2-1-3-5-7/h1-2,4,6H,3,5H2,(H,11,13)(H,12,14). The van der Waals surface area contributed by atoms with Gasteiger partial charge in [-0.2, -0.15) is 0 Å². The molecule has 2 N–H and O–H groups in total. The zero-order valence-electron chi connectivity index (χ0n) is 7.54. The quantitative estimate of drug-likeness (QED) is 0.687. The van der Waals surface area contributed by atoms with Gasteiger partial charge in [0.2, 0.25) is 0 Å². The summed E-state index contributed by atoms with van der Waals surface area (Å²) in [4.78, 5) is 22.4. The molecule has 4 nitrogen and oxygen atoms in total. The number of H-pyrrole nitrogens is 2. The Balaban J connectivity index is 2.55. The van der Waals surface area contributed by atoms with E-state index in [-0.39, 0.29) is 11.1 Å². The second kappa shape index (κ2) is 3.49. The fourth-order valence-corrected chi connectivity index (χ4v) is 1.48. The molecular formula is C10H10N2O2. The molecule has 0 radical (unpaired) electrons. The minimum atomic E-state index is -0.282. The van der Waals surface area contributed by atoms with Crippen LogP contribution in [0.2, 0.25) is 0 Å². The van der Waals surface area contributed by atoms with Gasteiger partial charge in [-0.05, 0) is 18.4 Å². The van der Waals surface area contributed by atoms with Crippen LogP contribution in [0.1, 0.15) is 18.4 Å². The van der Waals surface area contributed by atoms with Crippen molar-refractivity contribution in [3.05, 3.63) is 50.6 Å². The first-order valence-electron chi connectivity index (χ1n) is 4.45. The normalized spacial score (nSPS) is 15.3. The number of allylic oxidation sites excluding steroid dienone is 4. The monoisotopic (exact) mass is 190 g/mol. The fraction of sp³-hybridized carbons (Fsp3) is 0.200. The Hall–Kier alpha value is -1.84. The van der Waals surface area contributed by atoms with E-state index in [9.17, 15) is 9.59 Å². The summed E-state index contributed by atoms with van der Waals surface area (Å²) in [5.41, 5.74) is 0.860. The molecule has 0 spiro atoms. The molecule has 0 atom stereocenters. The first kappa shape index (κ1) is 8.74. The number of aromatic nitrogens is 2. The summed E-state index contributed by atoms with van der Waals surface area (Å²) in [6.45, 7) is 0. The summed E-state index contributed by atoms with van der Waals surface area (Å²) in [5.74, 6) is 0. The largest absolute Gasteiger partial charge is 0.270 e. The third kappa shape index (κ3) is 1.59. The summed E-state index contributed by atoms with van der Waals surface area (Å²) >= 11 is 0. The number of hydrogen-bond acceptors (Lipinski definition) is 2. The van der Waals surface area contributed by atoms with Gasteiger partial charge in [0.1, 0.15) is 0 Å². The van der Waals surface area contributed by atoms with Gasteiger partial charge in [-0.1, -0.05) is 18.2 Å². The van der Waals surface area contributed by atoms with E-state index in [1.165, 1.54) is 6.07 Å². The highest BCUT2D eigenvalue weighted by Crippen LogP contribution is 2.19. The molecule has 0 fully saturated rings. The predicted octanol–water partition coefficient (Wildman–Crippen LogP) is 0.797. The predicted molar refractivity (Wildman–Crippen MR) is 54.0 cm³/mol. The zero-order chi connectivity index (χ0) is 9.97. The molecule has 1 heterocycles. The van der Waals surface area contributed by atoms with Crippen LogP contribution in [0.25, 0.3) is 5.57 Å². The van der Waals surface area contributed by atoms with E-state index in [0.717, 1.165) is 18.4 Å². The lowest BCUT2D eigenvalue weighted by molar-refractivity contribution is 0.935. The minimum Gasteiger partial charge on any atom is -0.268 e. The van der Waals surface area contributed by atoms with Gasteiger partial charge >= 0.3 is 0 Å². The first-order chi connectivity index (χ1) is 6.77. The van der Waals surface area contributed by atoms with Crippen molar-refractivity contribution in [1.29, 1.82) is 0 Å². The second-order valence-corrected chi connectivity index (χ2v) is 3.16. The van der Waals surface area contributed by atoms with Gasteiger partial charge in [0.15, 0.2) is 0 Å². The molecule has 0 aromatic carbocycles. The molecular weight excluding hydrogens is 180 g/mol. The Bertz CT molecular complexity index is 505. The van der Waals surface area contributed by atoms with Gasteiger partial charge in [0.25, 0.3) is 11.1 Å². The second-order valence-electron chi connectivity index (χ2n) is 3.16. The van der Waals surface area contributed by atoms with Crippen molar-refractivity contribution in [2.24, 2.45) is 0 Å². The smallest absolute Gasteiger partial charge is 0.268 e. The maximum atomic E-state index is 11.4. The number of hydrogen-bond donors (Lipinski definition) is 2. The lowest BCUT2D eigenvalue weighted by Crippen LogP contribution is -2.21. The molecule has 0 saturated carbocycles. The number of nitrogens with one attached hydrogen (secondary N) is 2. The van der Waals surface area contributed by atoms with Crippen LogP contribution in [-0.2, 0) is 0 Å². The van der Waals surface area contributed by atoms with E-state index in [1.54, 1.807) is 0 Å². The van der Waals surface area contributed by atoms with Crippen molar-refractivity contribution < 1.29 is 0 Å². The highest BCUT2D eigenvalue weighted by molar-refractivity contribution is 5.67. The Morgan fingerprint density at radius 3 is 2.79 bits per heavy atom. The average Bonchev–Trinajstić information content (AvgIpc) is 2.23. The van der Waals surface area contributed by atoms with Gasteiger partial charge in [-0.3, -0.25) is 19.8 Å². The average molecular weight is 190 g/mol. The highest BCUT2D eigenvalue weighted by atomic mass is 16.1. The van der Waals surface area contributed by atoms with E-state index >= 15 is 0 Å². The molecule has 1 aromatic rings. The molecule has 0 unspecified atom stereocenters. The van der Waals surface area contributed by atoms with Gasteiger partial charge in [0, 0.05) is 11.6 Å². The molecule has 72 valence electrons. The zero-order valence-corrected chi connectivity index (χ0v) is 7.54. The molecule has 1 aliphatic carbocycles. The molecule has 2 rings (SSSR count). The van der Waals surface area contributed by atoms with Crippen molar-refractivity contribution in [1.82, 2.24) is 10.2 Å². The topological polar surface area (TPSA) is 65.7 Å². The Labute approximate surface area is 80.0 Å². The van der Waals surface area contributed by atoms with Crippen molar-refractivity contribution >= 4 is 5.57 Å². The van der Waals surface area contributed by atoms with Gasteiger partial charge in [-0.15, -0.1) is 0 Å². The lowest BCUT2D eigenvalue weighted by atomic mass is 9.99. The van der Waals surface area contributed by atoms with Crippen LogP contribution < -0.4 is 11.1 Å². The number of aromatic amines is 2. The summed E-state index contributed by atoms with van der Waals surface area (Å²) < 4.78 is 0. The molecule has 14 heavy (non-hydrogen) atoms. The van der Waals surface area contributed by atoms with Gasteiger partial charge in [-0.25, -0.2) is 0 Å². The minimum absolute atomic E-state index is 0.244. The van der Waals surface area contributed by atoms with Crippen LogP contribution in [0.4, 0.5) is 0 Å². The Kier molecular flexibility index (Phi) is 2.18. The van der Waals surface area contributed by atoms with Crippen LogP contribution in [0.3, 0.4) is 0 Å². The van der Waals surface area contributed by atoms with Crippen LogP contribution in [-0.4, -0.2) is 10.2 Å². The Morgan fingerprint density at radius 1 is 1.21 bits per heavy atom. The Morgan fingerprint density at radius 2 is 2.07 bits per heavy atom. The maximum absolute atomic E-state index is 11.4. The van der Waals surface area contributed by atoms with E-state index in [2.05, 4.69) is 10.2 Å². The summed E-state index contributed by atoms with van der Waals surface area (Å²) in [7, 11) is 0. The van der Waals surface area contributed by atoms with E-state index in [0.29, 0.717) is 5.56 Å². The van der Waals surface area contributed by atoms with Crippen molar-refractivity contribution in [3.8, 4) is 0 Å². The van der Waals surface area contributed by atoms with Crippen LogP contribution in [0.15, 0.2) is 33.9 Å². The third-order valence-corrected chi connectivity index (χ3v) is 2.18. The fourth-order valence-electron chi connectivity index (χ4n) is 1.48. The first-order valence-corrected chi connectivity index (χ1v) is 4.45. The maximum Gasteiger partial charge on any atom is 0.270 e. The number of rotatable bonds is 1. The lowest BCUT2D eigenvalue weighted by Gasteiger charge is -2.06. The van der Waals surface area contributed by atoms with E-state index < -0.39 is 0 Å². The highest BCUT2D eigenvalue weighted by Gasteiger charge is 2.07. The molecule has 1 aliphatic rings. The molecule has 0 saturated heterocycles. The van der Waals surface area contributed by atoms with Crippen LogP contribution >= 0.6 is 0 Å². The van der Waals surface area contributed by atoms with Gasteiger partial charge < -0.3 is 0 Å². The van der Waals surface area contributed by atoms with Crippen molar-refractivity contribution in [3.63, 3.8) is 0 Å². The van der Waals surface area contributed by atoms with Gasteiger partial charge in [0.05, 0.1) is 0 Å². The SMILES string of the molecule is O=c1cc(C2=CC=CCC2)c(=O)[nH][nH]1. The van der Waals surface area contributed by atoms with Crippen molar-refractivity contribution in [2.75, 3.05) is 0 Å². The van der Waals surface area contributed by atoms with Crippen LogP contribution in [0, 0.1) is 0 Å². The summed E-state index contributed by atoms with van der Waals surface area (Å²) in [6, 6.07) is 1.34. The van der Waals surface area contributed by atoms with Crippen molar-refractivity contribution in [2.45, 2.75) is 12.8 Å². The van der Waals surface area contributed by atoms with E-state index in [4.69, 9.17) is 0 Å². The third-order valence-electron chi connectivity index (χ3n) is 2.18. The summed E-state index contributed by atoms with van der Waals surface area (Å²) in [6.07, 6.45) is 7.53.